The molecule has 6 heteroatoms. The van der Waals surface area contributed by atoms with Crippen molar-refractivity contribution in [3.05, 3.63) is 71.4 Å². The molecule has 1 unspecified atom stereocenters. The third kappa shape index (κ3) is 3.20. The van der Waals surface area contributed by atoms with Gasteiger partial charge in [0.2, 0.25) is 0 Å². The molecule has 0 amide bonds. The molecule has 2 aliphatic rings. The third-order valence-corrected chi connectivity index (χ3v) is 5.48. The second-order valence-corrected chi connectivity index (χ2v) is 7.32. The average molecular weight is 398 g/mol. The van der Waals surface area contributed by atoms with Gasteiger partial charge in [0.05, 0.1) is 12.1 Å². The van der Waals surface area contributed by atoms with Crippen molar-refractivity contribution in [1.82, 2.24) is 9.55 Å². The molecule has 2 aromatic heterocycles. The first-order valence-electron chi connectivity index (χ1n) is 9.44. The van der Waals surface area contributed by atoms with E-state index in [-0.39, 0.29) is 18.7 Å². The van der Waals surface area contributed by atoms with E-state index in [1.54, 1.807) is 6.26 Å². The van der Waals surface area contributed by atoms with Crippen molar-refractivity contribution < 1.29 is 9.47 Å². The molecule has 1 aromatic carbocycles. The van der Waals surface area contributed by atoms with E-state index in [1.165, 1.54) is 27.7 Å². The molecule has 0 aliphatic carbocycles. The SMILES string of the molecule is CC1=COC(Cn2c(C)cc3c(N4CCc5ccccc5C4)nccc32)O1.Cl. The second-order valence-electron chi connectivity index (χ2n) is 7.32. The van der Waals surface area contributed by atoms with Crippen LogP contribution >= 0.6 is 12.4 Å². The Balaban J connectivity index is 0.00000192. The number of aryl methyl sites for hydroxylation is 1. The molecule has 1 atom stereocenters. The number of allylic oxidation sites excluding steroid dienone is 1. The molecule has 0 bridgehead atoms. The Morgan fingerprint density at radius 1 is 1.14 bits per heavy atom. The molecular weight excluding hydrogens is 374 g/mol. The molecule has 5 nitrogen and oxygen atoms in total. The first-order valence-corrected chi connectivity index (χ1v) is 9.44. The Hall–Kier alpha value is -2.66. The number of hydrogen-bond donors (Lipinski definition) is 0. The molecule has 3 aromatic rings. The molecule has 0 saturated heterocycles. The fourth-order valence-electron chi connectivity index (χ4n) is 4.14. The maximum Gasteiger partial charge on any atom is 0.257 e. The Bertz CT molecular complexity index is 1040. The maximum absolute atomic E-state index is 5.72. The number of fused-ring (bicyclic) bond motifs is 2. The molecule has 28 heavy (non-hydrogen) atoms. The van der Waals surface area contributed by atoms with Crippen molar-refractivity contribution in [3.8, 4) is 0 Å². The predicted octanol–water partition coefficient (Wildman–Crippen LogP) is 4.56. The average Bonchev–Trinajstić information content (AvgIpc) is 3.24. The molecule has 0 spiro atoms. The zero-order chi connectivity index (χ0) is 18.4. The van der Waals surface area contributed by atoms with E-state index in [9.17, 15) is 0 Å². The predicted molar refractivity (Wildman–Crippen MR) is 113 cm³/mol. The van der Waals surface area contributed by atoms with Gasteiger partial charge in [0.1, 0.15) is 17.8 Å². The zero-order valence-corrected chi connectivity index (χ0v) is 16.9. The fourth-order valence-corrected chi connectivity index (χ4v) is 4.14. The first kappa shape index (κ1) is 18.7. The Labute approximate surface area is 171 Å². The number of hydrogen-bond acceptors (Lipinski definition) is 4. The van der Waals surface area contributed by atoms with E-state index in [4.69, 9.17) is 14.5 Å². The van der Waals surface area contributed by atoms with Crippen LogP contribution < -0.4 is 4.90 Å². The molecule has 5 rings (SSSR count). The normalized spacial score (nSPS) is 18.1. The monoisotopic (exact) mass is 397 g/mol. The van der Waals surface area contributed by atoms with Gasteiger partial charge in [0.25, 0.3) is 6.29 Å². The van der Waals surface area contributed by atoms with E-state index in [0.29, 0.717) is 6.54 Å². The highest BCUT2D eigenvalue weighted by Crippen LogP contribution is 2.31. The number of anilines is 1. The molecule has 0 saturated carbocycles. The number of rotatable bonds is 3. The topological polar surface area (TPSA) is 39.5 Å². The van der Waals surface area contributed by atoms with E-state index in [2.05, 4.69) is 52.8 Å². The van der Waals surface area contributed by atoms with Crippen LogP contribution in [0.5, 0.6) is 0 Å². The van der Waals surface area contributed by atoms with Gasteiger partial charge in [0.15, 0.2) is 0 Å². The highest BCUT2D eigenvalue weighted by atomic mass is 35.5. The van der Waals surface area contributed by atoms with Crippen molar-refractivity contribution in [3.63, 3.8) is 0 Å². The number of halogens is 1. The molecular formula is C22H24ClN3O2. The molecule has 4 heterocycles. The molecule has 0 radical (unpaired) electrons. The highest BCUT2D eigenvalue weighted by Gasteiger charge is 2.23. The Kier molecular flexibility index (Phi) is 4.94. The van der Waals surface area contributed by atoms with Crippen LogP contribution in [0.15, 0.2) is 54.6 Å². The number of nitrogens with zero attached hydrogens (tertiary/aromatic N) is 3. The van der Waals surface area contributed by atoms with Gasteiger partial charge in [0, 0.05) is 30.4 Å². The summed E-state index contributed by atoms with van der Waals surface area (Å²) in [4.78, 5) is 7.13. The largest absolute Gasteiger partial charge is 0.457 e. The minimum absolute atomic E-state index is 0. The van der Waals surface area contributed by atoms with Crippen LogP contribution in [0, 0.1) is 6.92 Å². The summed E-state index contributed by atoms with van der Waals surface area (Å²) in [5.74, 6) is 1.88. The Morgan fingerprint density at radius 2 is 1.96 bits per heavy atom. The van der Waals surface area contributed by atoms with Gasteiger partial charge in [-0.2, -0.15) is 0 Å². The van der Waals surface area contributed by atoms with Gasteiger partial charge in [-0.1, -0.05) is 24.3 Å². The van der Waals surface area contributed by atoms with Gasteiger partial charge < -0.3 is 18.9 Å². The summed E-state index contributed by atoms with van der Waals surface area (Å²) in [6.45, 7) is 6.60. The van der Waals surface area contributed by atoms with Gasteiger partial charge in [-0.15, -0.1) is 12.4 Å². The lowest BCUT2D eigenvalue weighted by atomic mass is 10.00. The van der Waals surface area contributed by atoms with Gasteiger partial charge in [-0.05, 0) is 43.5 Å². The van der Waals surface area contributed by atoms with Crippen molar-refractivity contribution in [2.75, 3.05) is 11.4 Å². The van der Waals surface area contributed by atoms with Crippen molar-refractivity contribution in [2.24, 2.45) is 0 Å². The lowest BCUT2D eigenvalue weighted by molar-refractivity contribution is -0.0416. The molecule has 0 N–H and O–H groups in total. The number of ether oxygens (including phenoxy) is 2. The lowest BCUT2D eigenvalue weighted by Gasteiger charge is -2.30. The quantitative estimate of drug-likeness (QED) is 0.649. The van der Waals surface area contributed by atoms with Crippen LogP contribution in [0.1, 0.15) is 23.7 Å². The summed E-state index contributed by atoms with van der Waals surface area (Å²) in [5, 5.41) is 1.19. The molecule has 146 valence electrons. The van der Waals surface area contributed by atoms with E-state index in [0.717, 1.165) is 31.1 Å². The first-order chi connectivity index (χ1) is 13.2. The lowest BCUT2D eigenvalue weighted by Crippen LogP contribution is -2.31. The molecule has 2 aliphatic heterocycles. The van der Waals surface area contributed by atoms with E-state index >= 15 is 0 Å². The van der Waals surface area contributed by atoms with Crippen LogP contribution in [0.25, 0.3) is 10.9 Å². The van der Waals surface area contributed by atoms with Crippen LogP contribution in [-0.4, -0.2) is 22.4 Å². The summed E-state index contributed by atoms with van der Waals surface area (Å²) in [6, 6.07) is 13.0. The van der Waals surface area contributed by atoms with E-state index in [1.807, 2.05) is 13.1 Å². The second kappa shape index (κ2) is 7.40. The zero-order valence-electron chi connectivity index (χ0n) is 16.1. The summed E-state index contributed by atoms with van der Waals surface area (Å²) in [6.07, 6.45) is 4.39. The van der Waals surface area contributed by atoms with Crippen molar-refractivity contribution in [2.45, 2.75) is 39.6 Å². The van der Waals surface area contributed by atoms with Crippen LogP contribution in [0.4, 0.5) is 5.82 Å². The summed E-state index contributed by atoms with van der Waals surface area (Å²) < 4.78 is 13.6. The van der Waals surface area contributed by atoms with Gasteiger partial charge in [-0.25, -0.2) is 4.98 Å². The number of benzene rings is 1. The van der Waals surface area contributed by atoms with Gasteiger partial charge in [-0.3, -0.25) is 0 Å². The van der Waals surface area contributed by atoms with Gasteiger partial charge >= 0.3 is 0 Å². The molecule has 0 fully saturated rings. The smallest absolute Gasteiger partial charge is 0.257 e. The van der Waals surface area contributed by atoms with Crippen LogP contribution in [-0.2, 0) is 29.0 Å². The standard InChI is InChI=1S/C22H23N3O2.ClH/c1-15-11-19-20(25(15)13-21-26-14-16(2)27-21)7-9-23-22(19)24-10-8-17-5-3-4-6-18(17)12-24;/h3-7,9,11,14,21H,8,10,12-13H2,1-2H3;1H. The summed E-state index contributed by atoms with van der Waals surface area (Å²) in [5.41, 5.74) is 5.21. The van der Waals surface area contributed by atoms with Crippen molar-refractivity contribution in [1.29, 1.82) is 0 Å². The fraction of sp³-hybridized carbons (Fsp3) is 0.318. The third-order valence-electron chi connectivity index (χ3n) is 5.48. The number of pyridine rings is 1. The number of aromatic nitrogens is 2. The summed E-state index contributed by atoms with van der Waals surface area (Å²) in [7, 11) is 0. The van der Waals surface area contributed by atoms with Crippen LogP contribution in [0.2, 0.25) is 0 Å². The summed E-state index contributed by atoms with van der Waals surface area (Å²) >= 11 is 0. The Morgan fingerprint density at radius 3 is 2.75 bits per heavy atom. The highest BCUT2D eigenvalue weighted by molar-refractivity contribution is 5.91. The maximum atomic E-state index is 5.72. The minimum Gasteiger partial charge on any atom is -0.457 e. The minimum atomic E-state index is -0.266. The van der Waals surface area contributed by atoms with E-state index < -0.39 is 0 Å². The van der Waals surface area contributed by atoms with Crippen molar-refractivity contribution >= 4 is 29.1 Å². The van der Waals surface area contributed by atoms with Crippen LogP contribution in [0.3, 0.4) is 0 Å².